The Hall–Kier alpha value is -1.10. The highest BCUT2D eigenvalue weighted by Gasteiger charge is 2.33. The Kier molecular flexibility index (Phi) is 4.08. The molecule has 0 saturated carbocycles. The minimum Gasteiger partial charge on any atom is -0.480 e. The minimum absolute atomic E-state index is 0.0639. The van der Waals surface area contributed by atoms with Gasteiger partial charge in [-0.05, 0) is 19.8 Å². The number of carbonyl (C=O) groups excluding carboxylic acids is 1. The van der Waals surface area contributed by atoms with Crippen LogP contribution in [0.2, 0.25) is 0 Å². The summed E-state index contributed by atoms with van der Waals surface area (Å²) < 4.78 is 5.37. The maximum atomic E-state index is 11.7. The zero-order valence-electron chi connectivity index (χ0n) is 9.03. The topological polar surface area (TPSA) is 75.6 Å². The van der Waals surface area contributed by atoms with Crippen LogP contribution in [0.1, 0.15) is 26.7 Å². The van der Waals surface area contributed by atoms with E-state index in [2.05, 4.69) is 5.32 Å². The fourth-order valence-electron chi connectivity index (χ4n) is 1.73. The van der Waals surface area contributed by atoms with Crippen LogP contribution in [0, 0.1) is 5.92 Å². The number of carboxylic acids is 1. The monoisotopic (exact) mass is 215 g/mol. The molecular formula is C10H17NO4. The maximum absolute atomic E-state index is 11.7. The SMILES string of the molecule is CCC1OCCC1C(=O)N[C@H](C)C(=O)O. The van der Waals surface area contributed by atoms with E-state index in [4.69, 9.17) is 9.84 Å². The molecule has 0 bridgehead atoms. The second kappa shape index (κ2) is 5.11. The molecular weight excluding hydrogens is 198 g/mol. The van der Waals surface area contributed by atoms with E-state index < -0.39 is 12.0 Å². The summed E-state index contributed by atoms with van der Waals surface area (Å²) in [6.07, 6.45) is 1.39. The third-order valence-corrected chi connectivity index (χ3v) is 2.68. The van der Waals surface area contributed by atoms with Gasteiger partial charge in [-0.15, -0.1) is 0 Å². The maximum Gasteiger partial charge on any atom is 0.325 e. The van der Waals surface area contributed by atoms with Crippen LogP contribution in [0.15, 0.2) is 0 Å². The summed E-state index contributed by atoms with van der Waals surface area (Å²) in [5.74, 6) is -1.43. The van der Waals surface area contributed by atoms with Crippen molar-refractivity contribution in [3.63, 3.8) is 0 Å². The predicted molar refractivity (Wildman–Crippen MR) is 53.4 cm³/mol. The summed E-state index contributed by atoms with van der Waals surface area (Å²) in [6, 6.07) is -0.837. The Morgan fingerprint density at radius 2 is 2.27 bits per heavy atom. The van der Waals surface area contributed by atoms with Crippen LogP contribution >= 0.6 is 0 Å². The lowest BCUT2D eigenvalue weighted by atomic mass is 9.98. The molecule has 0 spiro atoms. The molecule has 1 saturated heterocycles. The molecule has 1 heterocycles. The van der Waals surface area contributed by atoms with Crippen LogP contribution in [0.3, 0.4) is 0 Å². The van der Waals surface area contributed by atoms with Gasteiger partial charge < -0.3 is 15.2 Å². The van der Waals surface area contributed by atoms with Gasteiger partial charge in [-0.1, -0.05) is 6.92 Å². The molecule has 2 unspecified atom stereocenters. The van der Waals surface area contributed by atoms with Crippen molar-refractivity contribution in [1.82, 2.24) is 5.32 Å². The molecule has 15 heavy (non-hydrogen) atoms. The van der Waals surface area contributed by atoms with Gasteiger partial charge in [0, 0.05) is 6.61 Å². The highest BCUT2D eigenvalue weighted by molar-refractivity contribution is 5.85. The van der Waals surface area contributed by atoms with E-state index >= 15 is 0 Å². The van der Waals surface area contributed by atoms with Gasteiger partial charge in [0.1, 0.15) is 6.04 Å². The average molecular weight is 215 g/mol. The molecule has 0 radical (unpaired) electrons. The summed E-state index contributed by atoms with van der Waals surface area (Å²) in [7, 11) is 0. The van der Waals surface area contributed by atoms with Gasteiger partial charge in [0.2, 0.25) is 5.91 Å². The number of carbonyl (C=O) groups is 2. The van der Waals surface area contributed by atoms with Crippen LogP contribution in [0.4, 0.5) is 0 Å². The largest absolute Gasteiger partial charge is 0.480 e. The standard InChI is InChI=1S/C10H17NO4/c1-3-8-7(4-5-15-8)9(12)11-6(2)10(13)14/h6-8H,3-5H2,1-2H3,(H,11,12)(H,13,14)/t6-,7?,8?/m1/s1. The first-order valence-corrected chi connectivity index (χ1v) is 5.21. The van der Waals surface area contributed by atoms with Gasteiger partial charge in [0.05, 0.1) is 12.0 Å². The van der Waals surface area contributed by atoms with Crippen LogP contribution < -0.4 is 5.32 Å². The van der Waals surface area contributed by atoms with Crippen molar-refractivity contribution >= 4 is 11.9 Å². The van der Waals surface area contributed by atoms with Crippen LogP contribution in [-0.2, 0) is 14.3 Å². The lowest BCUT2D eigenvalue weighted by molar-refractivity contribution is -0.142. The lowest BCUT2D eigenvalue weighted by Gasteiger charge is -2.18. The minimum atomic E-state index is -1.02. The number of carboxylic acid groups (broad SMARTS) is 1. The highest BCUT2D eigenvalue weighted by atomic mass is 16.5. The quantitative estimate of drug-likeness (QED) is 0.711. The van der Waals surface area contributed by atoms with Crippen LogP contribution in [-0.4, -0.2) is 35.7 Å². The van der Waals surface area contributed by atoms with Gasteiger partial charge in [-0.3, -0.25) is 9.59 Å². The second-order valence-electron chi connectivity index (χ2n) is 3.78. The van der Waals surface area contributed by atoms with E-state index in [0.717, 1.165) is 6.42 Å². The molecule has 1 amide bonds. The van der Waals surface area contributed by atoms with E-state index in [1.54, 1.807) is 0 Å². The van der Waals surface area contributed by atoms with Gasteiger partial charge in [-0.25, -0.2) is 0 Å². The third-order valence-electron chi connectivity index (χ3n) is 2.68. The second-order valence-corrected chi connectivity index (χ2v) is 3.78. The molecule has 0 aliphatic carbocycles. The van der Waals surface area contributed by atoms with Crippen molar-refractivity contribution in [2.75, 3.05) is 6.61 Å². The summed E-state index contributed by atoms with van der Waals surface area (Å²) in [6.45, 7) is 3.99. The molecule has 5 heteroatoms. The Balaban J connectivity index is 2.49. The van der Waals surface area contributed by atoms with Gasteiger partial charge in [-0.2, -0.15) is 0 Å². The molecule has 2 N–H and O–H groups in total. The third kappa shape index (κ3) is 2.92. The van der Waals surface area contributed by atoms with Gasteiger partial charge in [0.25, 0.3) is 0 Å². The zero-order chi connectivity index (χ0) is 11.4. The summed E-state index contributed by atoms with van der Waals surface area (Å²) in [5, 5.41) is 11.1. The molecule has 1 aliphatic heterocycles. The Labute approximate surface area is 88.8 Å². The smallest absolute Gasteiger partial charge is 0.325 e. The summed E-state index contributed by atoms with van der Waals surface area (Å²) in [5.41, 5.74) is 0. The summed E-state index contributed by atoms with van der Waals surface area (Å²) in [4.78, 5) is 22.2. The van der Waals surface area contributed by atoms with Crippen LogP contribution in [0.5, 0.6) is 0 Å². The predicted octanol–water partition coefficient (Wildman–Crippen LogP) is 0.391. The number of hydrogen-bond donors (Lipinski definition) is 2. The van der Waals surface area contributed by atoms with Crippen molar-refractivity contribution in [3.8, 4) is 0 Å². The number of ether oxygens (including phenoxy) is 1. The number of aliphatic carboxylic acids is 1. The number of rotatable bonds is 4. The molecule has 1 aliphatic rings. The number of amides is 1. The molecule has 0 aromatic carbocycles. The first kappa shape index (κ1) is 12.0. The Morgan fingerprint density at radius 3 is 2.80 bits per heavy atom. The molecule has 0 aromatic heterocycles. The first-order chi connectivity index (χ1) is 7.06. The van der Waals surface area contributed by atoms with E-state index in [9.17, 15) is 9.59 Å². The van der Waals surface area contributed by atoms with Crippen LogP contribution in [0.25, 0.3) is 0 Å². The van der Waals surface area contributed by atoms with E-state index in [0.29, 0.717) is 13.0 Å². The van der Waals surface area contributed by atoms with Crippen molar-refractivity contribution < 1.29 is 19.4 Å². The Bertz CT molecular complexity index is 254. The number of nitrogens with one attached hydrogen (secondary N) is 1. The van der Waals surface area contributed by atoms with Crippen molar-refractivity contribution in [3.05, 3.63) is 0 Å². The van der Waals surface area contributed by atoms with Gasteiger partial charge >= 0.3 is 5.97 Å². The first-order valence-electron chi connectivity index (χ1n) is 5.21. The normalized spacial score (nSPS) is 27.3. The van der Waals surface area contributed by atoms with E-state index in [1.165, 1.54) is 6.92 Å². The lowest BCUT2D eigenvalue weighted by Crippen LogP contribution is -2.43. The average Bonchev–Trinajstić information content (AvgIpc) is 2.64. The molecule has 5 nitrogen and oxygen atoms in total. The van der Waals surface area contributed by atoms with Crippen molar-refractivity contribution in [2.24, 2.45) is 5.92 Å². The van der Waals surface area contributed by atoms with E-state index in [-0.39, 0.29) is 17.9 Å². The fraction of sp³-hybridized carbons (Fsp3) is 0.800. The summed E-state index contributed by atoms with van der Waals surface area (Å²) >= 11 is 0. The zero-order valence-corrected chi connectivity index (χ0v) is 9.03. The highest BCUT2D eigenvalue weighted by Crippen LogP contribution is 2.23. The molecule has 86 valence electrons. The van der Waals surface area contributed by atoms with E-state index in [1.807, 2.05) is 6.92 Å². The molecule has 1 rings (SSSR count). The fourth-order valence-corrected chi connectivity index (χ4v) is 1.73. The number of hydrogen-bond acceptors (Lipinski definition) is 3. The van der Waals surface area contributed by atoms with Crippen molar-refractivity contribution in [1.29, 1.82) is 0 Å². The molecule has 3 atom stereocenters. The molecule has 1 fully saturated rings. The van der Waals surface area contributed by atoms with Crippen molar-refractivity contribution in [2.45, 2.75) is 38.8 Å². The Morgan fingerprint density at radius 1 is 1.60 bits per heavy atom. The molecule has 0 aromatic rings. The van der Waals surface area contributed by atoms with Gasteiger partial charge in [0.15, 0.2) is 0 Å².